The monoisotopic (exact) mass is 258 g/mol. The van der Waals surface area contributed by atoms with Crippen LogP contribution in [0.4, 0.5) is 0 Å². The summed E-state index contributed by atoms with van der Waals surface area (Å²) in [5.74, 6) is -0.0671. The van der Waals surface area contributed by atoms with Crippen LogP contribution >= 0.6 is 31.0 Å². The average molecular weight is 259 g/mol. The van der Waals surface area contributed by atoms with Crippen molar-refractivity contribution in [2.75, 3.05) is 0 Å². The number of phosphoric acid groups is 1. The molecule has 0 radical (unpaired) electrons. The Morgan fingerprint density at radius 3 is 2.50 bits per heavy atom. The maximum atomic E-state index is 10.3. The summed E-state index contributed by atoms with van der Waals surface area (Å²) >= 11 is 11.2. The number of rotatable bonds is 3. The van der Waals surface area contributed by atoms with E-state index in [0.717, 1.165) is 0 Å². The zero-order valence-electron chi connectivity index (χ0n) is 6.55. The van der Waals surface area contributed by atoms with E-state index >= 15 is 0 Å². The van der Waals surface area contributed by atoms with Gasteiger partial charge in [-0.05, 0) is 12.1 Å². The summed E-state index contributed by atoms with van der Waals surface area (Å²) in [6.07, 6.45) is 0. The van der Waals surface area contributed by atoms with Gasteiger partial charge in [0, 0.05) is 0 Å². The molecule has 5 nitrogen and oxygen atoms in total. The minimum atomic E-state index is -4.69. The van der Waals surface area contributed by atoms with E-state index in [-0.39, 0.29) is 15.8 Å². The lowest BCUT2D eigenvalue weighted by Gasteiger charge is -2.06. The molecule has 1 rings (SSSR count). The summed E-state index contributed by atoms with van der Waals surface area (Å²) in [5, 5.41) is 0.209. The van der Waals surface area contributed by atoms with Crippen LogP contribution in [0.1, 0.15) is 0 Å². The molecule has 0 amide bonds. The molecule has 0 spiro atoms. The first-order chi connectivity index (χ1) is 6.40. The van der Waals surface area contributed by atoms with Crippen LogP contribution in [0.2, 0.25) is 10.0 Å². The molecule has 0 atom stereocenters. The Morgan fingerprint density at radius 2 is 1.93 bits per heavy atom. The molecule has 78 valence electrons. The smallest absolute Gasteiger partial charge is 0.326 e. The molecule has 0 aliphatic rings. The number of hydrogen-bond acceptors (Lipinski definition) is 3. The maximum absolute atomic E-state index is 10.3. The van der Waals surface area contributed by atoms with E-state index < -0.39 is 7.82 Å². The zero-order chi connectivity index (χ0) is 10.8. The van der Waals surface area contributed by atoms with Gasteiger partial charge in [0.2, 0.25) is 0 Å². The van der Waals surface area contributed by atoms with Crippen LogP contribution in [-0.4, -0.2) is 9.79 Å². The van der Waals surface area contributed by atoms with Gasteiger partial charge in [-0.2, -0.15) is 0 Å². The first-order valence-corrected chi connectivity index (χ1v) is 5.54. The van der Waals surface area contributed by atoms with Crippen molar-refractivity contribution in [1.82, 2.24) is 0 Å². The number of hydrogen-bond donors (Lipinski definition) is 2. The molecule has 8 heteroatoms. The minimum Gasteiger partial charge on any atom is -0.326 e. The second-order valence-corrected chi connectivity index (χ2v) is 4.12. The van der Waals surface area contributed by atoms with Gasteiger partial charge in [-0.25, -0.2) is 4.57 Å². The fourth-order valence-electron chi connectivity index (χ4n) is 0.637. The van der Waals surface area contributed by atoms with Crippen LogP contribution in [0.5, 0.6) is 5.75 Å². The lowest BCUT2D eigenvalue weighted by Crippen LogP contribution is -1.95. The predicted octanol–water partition coefficient (Wildman–Crippen LogP) is 2.40. The lowest BCUT2D eigenvalue weighted by molar-refractivity contribution is -0.122. The predicted molar refractivity (Wildman–Crippen MR) is 50.2 cm³/mol. The summed E-state index contributed by atoms with van der Waals surface area (Å²) in [7, 11) is -4.69. The quantitative estimate of drug-likeness (QED) is 0.495. The molecule has 0 aromatic heterocycles. The molecule has 0 saturated carbocycles. The molecule has 0 aliphatic carbocycles. The second-order valence-electron chi connectivity index (χ2n) is 2.20. The van der Waals surface area contributed by atoms with Gasteiger partial charge in [0.15, 0.2) is 5.75 Å². The molecule has 1 aromatic rings. The molecule has 0 aliphatic heterocycles. The Balaban J connectivity index is 2.78. The minimum absolute atomic E-state index is 0.0163. The molecule has 0 heterocycles. The first-order valence-electron chi connectivity index (χ1n) is 3.26. The number of halogens is 2. The van der Waals surface area contributed by atoms with Crippen molar-refractivity contribution in [1.29, 1.82) is 0 Å². The molecule has 14 heavy (non-hydrogen) atoms. The Hall–Kier alpha value is -0.290. The normalized spacial score (nSPS) is 11.4. The third-order valence-corrected chi connectivity index (χ3v) is 2.21. The highest BCUT2D eigenvalue weighted by Crippen LogP contribution is 2.39. The van der Waals surface area contributed by atoms with Crippen molar-refractivity contribution >= 4 is 31.0 Å². The summed E-state index contributed by atoms with van der Waals surface area (Å²) in [6, 6.07) is 4.34. The fourth-order valence-corrected chi connectivity index (χ4v) is 1.14. The molecular weight excluding hydrogens is 254 g/mol. The molecular formula is C6H5Cl2O5P. The second kappa shape index (κ2) is 4.49. The zero-order valence-corrected chi connectivity index (χ0v) is 8.96. The van der Waals surface area contributed by atoms with Crippen LogP contribution in [0.3, 0.4) is 0 Å². The van der Waals surface area contributed by atoms with E-state index in [1.54, 1.807) is 0 Å². The Bertz CT molecular complexity index is 376. The topological polar surface area (TPSA) is 76.0 Å². The van der Waals surface area contributed by atoms with E-state index in [2.05, 4.69) is 9.56 Å². The Morgan fingerprint density at radius 1 is 1.29 bits per heavy atom. The van der Waals surface area contributed by atoms with Crippen molar-refractivity contribution in [3.05, 3.63) is 28.2 Å². The van der Waals surface area contributed by atoms with Crippen LogP contribution in [0.15, 0.2) is 18.2 Å². The van der Waals surface area contributed by atoms with Gasteiger partial charge in [-0.1, -0.05) is 33.9 Å². The summed E-state index contributed by atoms with van der Waals surface area (Å²) in [5.41, 5.74) is 0. The van der Waals surface area contributed by atoms with Crippen molar-refractivity contribution < 1.29 is 23.9 Å². The summed E-state index contributed by atoms with van der Waals surface area (Å²) in [6.45, 7) is 0. The third-order valence-electron chi connectivity index (χ3n) is 1.14. The average Bonchev–Trinajstić information content (AvgIpc) is 2.06. The van der Waals surface area contributed by atoms with E-state index in [4.69, 9.17) is 33.0 Å². The molecule has 0 saturated heterocycles. The highest BCUT2D eigenvalue weighted by atomic mass is 35.5. The highest BCUT2D eigenvalue weighted by Gasteiger charge is 2.17. The first kappa shape index (κ1) is 11.8. The van der Waals surface area contributed by atoms with Crippen molar-refractivity contribution in [3.63, 3.8) is 0 Å². The van der Waals surface area contributed by atoms with Gasteiger partial charge >= 0.3 is 7.82 Å². The van der Waals surface area contributed by atoms with Crippen LogP contribution in [0.25, 0.3) is 0 Å². The molecule has 0 unspecified atom stereocenters. The fraction of sp³-hybridized carbons (Fsp3) is 0. The molecule has 1 aromatic carbocycles. The molecule has 0 bridgehead atoms. The van der Waals surface area contributed by atoms with E-state index in [9.17, 15) is 4.57 Å². The standard InChI is InChI=1S/C6H5Cl2O5P/c7-4-2-1-3-5(6(4)8)12-13-14(9,10)11/h1-3H,(H2,9,10,11). The van der Waals surface area contributed by atoms with Gasteiger partial charge in [0.25, 0.3) is 0 Å². The largest absolute Gasteiger partial charge is 0.505 e. The summed E-state index contributed by atoms with van der Waals surface area (Å²) < 4.78 is 14.0. The third kappa shape index (κ3) is 3.46. The van der Waals surface area contributed by atoms with Gasteiger partial charge in [0.1, 0.15) is 5.02 Å². The molecule has 0 fully saturated rings. The van der Waals surface area contributed by atoms with Gasteiger partial charge < -0.3 is 14.7 Å². The van der Waals surface area contributed by atoms with Gasteiger partial charge in [0.05, 0.1) is 5.02 Å². The van der Waals surface area contributed by atoms with Crippen molar-refractivity contribution in [2.45, 2.75) is 0 Å². The Labute approximate surface area is 89.3 Å². The van der Waals surface area contributed by atoms with E-state index in [1.807, 2.05) is 0 Å². The van der Waals surface area contributed by atoms with Crippen LogP contribution < -0.4 is 4.89 Å². The van der Waals surface area contributed by atoms with Gasteiger partial charge in [-0.3, -0.25) is 0 Å². The highest BCUT2D eigenvalue weighted by molar-refractivity contribution is 7.46. The van der Waals surface area contributed by atoms with E-state index in [1.165, 1.54) is 18.2 Å². The SMILES string of the molecule is O=P(O)(O)OOc1cccc(Cl)c1Cl. The van der Waals surface area contributed by atoms with Crippen molar-refractivity contribution in [3.8, 4) is 5.75 Å². The lowest BCUT2D eigenvalue weighted by atomic mass is 10.3. The summed E-state index contributed by atoms with van der Waals surface area (Å²) in [4.78, 5) is 21.0. The maximum Gasteiger partial charge on any atom is 0.505 e. The number of benzene rings is 1. The van der Waals surface area contributed by atoms with Crippen LogP contribution in [-0.2, 0) is 9.24 Å². The van der Waals surface area contributed by atoms with Crippen LogP contribution in [0, 0.1) is 0 Å². The van der Waals surface area contributed by atoms with E-state index in [0.29, 0.717) is 0 Å². The van der Waals surface area contributed by atoms with Crippen molar-refractivity contribution in [2.24, 2.45) is 0 Å². The Kier molecular flexibility index (Phi) is 3.78. The molecule has 2 N–H and O–H groups in total. The van der Waals surface area contributed by atoms with Gasteiger partial charge in [-0.15, -0.1) is 0 Å².